The summed E-state index contributed by atoms with van der Waals surface area (Å²) in [5.74, 6) is 2.34. The van der Waals surface area contributed by atoms with E-state index in [1.54, 1.807) is 7.11 Å². The van der Waals surface area contributed by atoms with Gasteiger partial charge >= 0.3 is 0 Å². The summed E-state index contributed by atoms with van der Waals surface area (Å²) in [7, 11) is 1.69. The van der Waals surface area contributed by atoms with E-state index < -0.39 is 0 Å². The quantitative estimate of drug-likeness (QED) is 0.939. The van der Waals surface area contributed by atoms with Gasteiger partial charge in [-0.15, -0.1) is 0 Å². The zero-order valence-corrected chi connectivity index (χ0v) is 12.2. The number of hydrogen-bond acceptors (Lipinski definition) is 4. The molecule has 0 amide bonds. The fourth-order valence-electron chi connectivity index (χ4n) is 2.95. The Kier molecular flexibility index (Phi) is 3.11. The van der Waals surface area contributed by atoms with Crippen molar-refractivity contribution in [3.8, 4) is 17.1 Å². The Morgan fingerprint density at radius 1 is 1.24 bits per heavy atom. The SMILES string of the molecule is COc1cccc(-c2nc3c(c(C4CC4)n2)CNCC3)c1. The van der Waals surface area contributed by atoms with Crippen molar-refractivity contribution < 1.29 is 4.74 Å². The van der Waals surface area contributed by atoms with Crippen LogP contribution in [0.2, 0.25) is 0 Å². The van der Waals surface area contributed by atoms with Crippen LogP contribution >= 0.6 is 0 Å². The highest BCUT2D eigenvalue weighted by Gasteiger charge is 2.30. The van der Waals surface area contributed by atoms with Crippen molar-refractivity contribution in [2.45, 2.75) is 31.7 Å². The first kappa shape index (κ1) is 12.8. The molecule has 0 radical (unpaired) electrons. The number of benzene rings is 1. The van der Waals surface area contributed by atoms with E-state index in [-0.39, 0.29) is 0 Å². The molecule has 1 saturated carbocycles. The predicted molar refractivity (Wildman–Crippen MR) is 81.4 cm³/mol. The molecule has 2 aliphatic rings. The number of rotatable bonds is 3. The molecule has 0 atom stereocenters. The molecule has 1 aliphatic heterocycles. The summed E-state index contributed by atoms with van der Waals surface area (Å²) in [6.45, 7) is 1.92. The number of nitrogens with one attached hydrogen (secondary N) is 1. The number of nitrogens with zero attached hydrogens (tertiary/aromatic N) is 2. The molecule has 2 heterocycles. The van der Waals surface area contributed by atoms with Gasteiger partial charge in [0.2, 0.25) is 0 Å². The maximum absolute atomic E-state index is 5.31. The Morgan fingerprint density at radius 3 is 2.95 bits per heavy atom. The molecule has 21 heavy (non-hydrogen) atoms. The lowest BCUT2D eigenvalue weighted by molar-refractivity contribution is 0.415. The molecule has 4 nitrogen and oxygen atoms in total. The predicted octanol–water partition coefficient (Wildman–Crippen LogP) is 2.68. The highest BCUT2D eigenvalue weighted by molar-refractivity contribution is 5.58. The third kappa shape index (κ3) is 2.40. The van der Waals surface area contributed by atoms with Crippen LogP contribution in [0.5, 0.6) is 5.75 Å². The van der Waals surface area contributed by atoms with E-state index in [4.69, 9.17) is 14.7 Å². The molecule has 2 aromatic rings. The molecule has 1 aromatic carbocycles. The summed E-state index contributed by atoms with van der Waals surface area (Å²) in [6, 6.07) is 8.02. The average Bonchev–Trinajstić information content (AvgIpc) is 3.38. The first-order valence-electron chi connectivity index (χ1n) is 7.60. The normalized spacial score (nSPS) is 17.4. The third-order valence-corrected chi connectivity index (χ3v) is 4.26. The molecule has 1 N–H and O–H groups in total. The highest BCUT2D eigenvalue weighted by atomic mass is 16.5. The standard InChI is InChI=1S/C17H19N3O/c1-21-13-4-2-3-12(9-13)17-19-15-7-8-18-10-14(15)16(20-17)11-5-6-11/h2-4,9,11,18H,5-8,10H2,1H3. The maximum atomic E-state index is 5.31. The van der Waals surface area contributed by atoms with Crippen LogP contribution in [0.4, 0.5) is 0 Å². The number of aromatic nitrogens is 2. The van der Waals surface area contributed by atoms with Crippen LogP contribution in [0.15, 0.2) is 24.3 Å². The van der Waals surface area contributed by atoms with Crippen molar-refractivity contribution in [1.82, 2.24) is 15.3 Å². The summed E-state index contributed by atoms with van der Waals surface area (Å²) >= 11 is 0. The molecule has 0 saturated heterocycles. The molecule has 0 unspecified atom stereocenters. The van der Waals surface area contributed by atoms with E-state index in [0.717, 1.165) is 36.6 Å². The average molecular weight is 281 g/mol. The lowest BCUT2D eigenvalue weighted by atomic mass is 10.0. The zero-order valence-electron chi connectivity index (χ0n) is 12.2. The largest absolute Gasteiger partial charge is 0.497 e. The summed E-state index contributed by atoms with van der Waals surface area (Å²) < 4.78 is 5.31. The van der Waals surface area contributed by atoms with Crippen molar-refractivity contribution in [2.24, 2.45) is 0 Å². The molecule has 0 spiro atoms. The summed E-state index contributed by atoms with van der Waals surface area (Å²) in [6.07, 6.45) is 3.52. The van der Waals surface area contributed by atoms with E-state index in [2.05, 4.69) is 11.4 Å². The van der Waals surface area contributed by atoms with Crippen LogP contribution in [-0.2, 0) is 13.0 Å². The van der Waals surface area contributed by atoms with Gasteiger partial charge in [0.05, 0.1) is 18.5 Å². The van der Waals surface area contributed by atoms with Crippen LogP contribution in [0, 0.1) is 0 Å². The Balaban J connectivity index is 1.83. The summed E-state index contributed by atoms with van der Waals surface area (Å²) in [4.78, 5) is 9.71. The Hall–Kier alpha value is -1.94. The summed E-state index contributed by atoms with van der Waals surface area (Å²) in [5, 5.41) is 3.44. The third-order valence-electron chi connectivity index (χ3n) is 4.26. The molecule has 1 aliphatic carbocycles. The molecule has 1 aromatic heterocycles. The molecule has 4 heteroatoms. The smallest absolute Gasteiger partial charge is 0.159 e. The second kappa shape index (κ2) is 5.11. The fraction of sp³-hybridized carbons (Fsp3) is 0.412. The first-order valence-corrected chi connectivity index (χ1v) is 7.60. The van der Waals surface area contributed by atoms with Crippen molar-refractivity contribution in [1.29, 1.82) is 0 Å². The molecular formula is C17H19N3O. The van der Waals surface area contributed by atoms with Crippen molar-refractivity contribution >= 4 is 0 Å². The van der Waals surface area contributed by atoms with Crippen molar-refractivity contribution in [2.75, 3.05) is 13.7 Å². The topological polar surface area (TPSA) is 47.0 Å². The van der Waals surface area contributed by atoms with Gasteiger partial charge in [-0.25, -0.2) is 9.97 Å². The minimum Gasteiger partial charge on any atom is -0.497 e. The van der Waals surface area contributed by atoms with Crippen LogP contribution in [0.1, 0.15) is 35.7 Å². The van der Waals surface area contributed by atoms with Crippen LogP contribution in [0.3, 0.4) is 0 Å². The van der Waals surface area contributed by atoms with E-state index in [0.29, 0.717) is 5.92 Å². The molecule has 0 bridgehead atoms. The monoisotopic (exact) mass is 281 g/mol. The van der Waals surface area contributed by atoms with Crippen LogP contribution in [0.25, 0.3) is 11.4 Å². The van der Waals surface area contributed by atoms with Gasteiger partial charge < -0.3 is 10.1 Å². The fourth-order valence-corrected chi connectivity index (χ4v) is 2.95. The van der Waals surface area contributed by atoms with Gasteiger partial charge in [0, 0.05) is 36.6 Å². The number of ether oxygens (including phenoxy) is 1. The number of methoxy groups -OCH3 is 1. The zero-order chi connectivity index (χ0) is 14.2. The van der Waals surface area contributed by atoms with E-state index in [9.17, 15) is 0 Å². The Morgan fingerprint density at radius 2 is 2.14 bits per heavy atom. The van der Waals surface area contributed by atoms with E-state index in [1.807, 2.05) is 18.2 Å². The molecule has 108 valence electrons. The summed E-state index contributed by atoms with van der Waals surface area (Å²) in [5.41, 5.74) is 4.88. The Bertz CT molecular complexity index is 680. The minimum absolute atomic E-state index is 0.644. The molecule has 4 rings (SSSR count). The van der Waals surface area contributed by atoms with Gasteiger partial charge in [0.15, 0.2) is 5.82 Å². The van der Waals surface area contributed by atoms with Gasteiger partial charge in [-0.2, -0.15) is 0 Å². The maximum Gasteiger partial charge on any atom is 0.159 e. The first-order chi connectivity index (χ1) is 10.3. The van der Waals surface area contributed by atoms with Crippen LogP contribution in [-0.4, -0.2) is 23.6 Å². The molecular weight excluding hydrogens is 262 g/mol. The second-order valence-electron chi connectivity index (χ2n) is 5.79. The van der Waals surface area contributed by atoms with Gasteiger partial charge in [-0.3, -0.25) is 0 Å². The Labute approximate surface area is 124 Å². The van der Waals surface area contributed by atoms with Gasteiger partial charge in [0.1, 0.15) is 5.75 Å². The van der Waals surface area contributed by atoms with Crippen molar-refractivity contribution in [3.05, 3.63) is 41.2 Å². The van der Waals surface area contributed by atoms with Gasteiger partial charge in [-0.1, -0.05) is 12.1 Å². The number of hydrogen-bond donors (Lipinski definition) is 1. The lowest BCUT2D eigenvalue weighted by Crippen LogP contribution is -2.26. The number of fused-ring (bicyclic) bond motifs is 1. The van der Waals surface area contributed by atoms with Crippen molar-refractivity contribution in [3.63, 3.8) is 0 Å². The van der Waals surface area contributed by atoms with Crippen LogP contribution < -0.4 is 10.1 Å². The molecule has 1 fully saturated rings. The second-order valence-corrected chi connectivity index (χ2v) is 5.79. The van der Waals surface area contributed by atoms with E-state index >= 15 is 0 Å². The minimum atomic E-state index is 0.644. The van der Waals surface area contributed by atoms with E-state index in [1.165, 1.54) is 29.8 Å². The highest BCUT2D eigenvalue weighted by Crippen LogP contribution is 2.42. The van der Waals surface area contributed by atoms with Gasteiger partial charge in [-0.05, 0) is 25.0 Å². The lowest BCUT2D eigenvalue weighted by Gasteiger charge is -2.20. The van der Waals surface area contributed by atoms with Gasteiger partial charge in [0.25, 0.3) is 0 Å².